The molecule has 1 unspecified atom stereocenters. The minimum Gasteiger partial charge on any atom is -0.493 e. The molecule has 0 heterocycles. The summed E-state index contributed by atoms with van der Waals surface area (Å²) in [5.41, 5.74) is 6.40. The molecule has 1 aromatic rings. The topological polar surface area (TPSA) is 35.2 Å². The van der Waals surface area contributed by atoms with Crippen LogP contribution < -0.4 is 10.5 Å². The van der Waals surface area contributed by atoms with Gasteiger partial charge < -0.3 is 10.5 Å². The van der Waals surface area contributed by atoms with Crippen LogP contribution in [0.2, 0.25) is 0 Å². The van der Waals surface area contributed by atoms with Gasteiger partial charge in [-0.1, -0.05) is 19.9 Å². The first-order chi connectivity index (χ1) is 7.22. The van der Waals surface area contributed by atoms with E-state index in [9.17, 15) is 0 Å². The maximum atomic E-state index is 5.65. The van der Waals surface area contributed by atoms with Gasteiger partial charge in [-0.2, -0.15) is 11.8 Å². The van der Waals surface area contributed by atoms with E-state index in [1.54, 1.807) is 0 Å². The third-order valence-corrected chi connectivity index (χ3v) is 3.49. The molecule has 3 heteroatoms. The smallest absolute Gasteiger partial charge is 0.121 e. The van der Waals surface area contributed by atoms with Crippen LogP contribution in [-0.4, -0.2) is 17.6 Å². The minimum absolute atomic E-state index is 0.717. The molecule has 0 radical (unpaired) electrons. The van der Waals surface area contributed by atoms with Crippen molar-refractivity contribution in [1.29, 1.82) is 0 Å². The Balaban J connectivity index is 2.20. The lowest BCUT2D eigenvalue weighted by atomic mass is 10.3. The lowest BCUT2D eigenvalue weighted by Crippen LogP contribution is -2.04. The molecule has 0 spiro atoms. The van der Waals surface area contributed by atoms with Crippen molar-refractivity contribution in [2.75, 3.05) is 18.1 Å². The van der Waals surface area contributed by atoms with Crippen LogP contribution in [0.15, 0.2) is 24.3 Å². The van der Waals surface area contributed by atoms with Crippen molar-refractivity contribution in [2.24, 2.45) is 0 Å². The molecular weight excluding hydrogens is 206 g/mol. The molecule has 84 valence electrons. The van der Waals surface area contributed by atoms with E-state index in [4.69, 9.17) is 10.5 Å². The molecule has 0 aliphatic heterocycles. The fourth-order valence-electron chi connectivity index (χ4n) is 1.13. The summed E-state index contributed by atoms with van der Waals surface area (Å²) in [5.74, 6) is 1.89. The van der Waals surface area contributed by atoms with Gasteiger partial charge in [-0.15, -0.1) is 0 Å². The second-order valence-corrected chi connectivity index (χ2v) is 5.06. The molecule has 2 nitrogen and oxygen atoms in total. The summed E-state index contributed by atoms with van der Waals surface area (Å²) in [6.07, 6.45) is 1.21. The van der Waals surface area contributed by atoms with Gasteiger partial charge in [0.1, 0.15) is 5.75 Å². The molecule has 15 heavy (non-hydrogen) atoms. The molecule has 0 bridgehead atoms. The van der Waals surface area contributed by atoms with E-state index in [0.29, 0.717) is 0 Å². The molecule has 1 atom stereocenters. The number of rotatable bonds is 6. The van der Waals surface area contributed by atoms with E-state index < -0.39 is 0 Å². The van der Waals surface area contributed by atoms with Crippen LogP contribution in [-0.2, 0) is 0 Å². The Morgan fingerprint density at radius 1 is 1.47 bits per heavy atom. The van der Waals surface area contributed by atoms with Gasteiger partial charge in [0.2, 0.25) is 0 Å². The maximum Gasteiger partial charge on any atom is 0.121 e. The maximum absolute atomic E-state index is 5.65. The Hall–Kier alpha value is -0.830. The highest BCUT2D eigenvalue weighted by atomic mass is 32.2. The van der Waals surface area contributed by atoms with Gasteiger partial charge in [-0.3, -0.25) is 0 Å². The molecule has 0 aliphatic rings. The van der Waals surface area contributed by atoms with Gasteiger partial charge >= 0.3 is 0 Å². The lowest BCUT2D eigenvalue weighted by molar-refractivity contribution is 0.344. The summed E-state index contributed by atoms with van der Waals surface area (Å²) >= 11 is 1.94. The standard InChI is InChI=1S/C12H19NOS/c1-3-10(2)15-8-7-14-12-6-4-5-11(13)9-12/h4-6,9-10H,3,7-8,13H2,1-2H3. The Morgan fingerprint density at radius 2 is 2.27 bits per heavy atom. The zero-order chi connectivity index (χ0) is 11.1. The summed E-state index contributed by atoms with van der Waals surface area (Å²) < 4.78 is 5.58. The molecule has 0 fully saturated rings. The van der Waals surface area contributed by atoms with Crippen molar-refractivity contribution < 1.29 is 4.74 Å². The van der Waals surface area contributed by atoms with Gasteiger partial charge in [0.15, 0.2) is 0 Å². The highest BCUT2D eigenvalue weighted by Gasteiger charge is 1.99. The second-order valence-electron chi connectivity index (χ2n) is 3.51. The van der Waals surface area contributed by atoms with Crippen molar-refractivity contribution in [3.05, 3.63) is 24.3 Å². The van der Waals surface area contributed by atoms with E-state index in [0.717, 1.165) is 29.0 Å². The summed E-state index contributed by atoms with van der Waals surface area (Å²) in [6, 6.07) is 7.56. The first-order valence-electron chi connectivity index (χ1n) is 5.32. The monoisotopic (exact) mass is 225 g/mol. The Kier molecular flexibility index (Phi) is 5.40. The Labute approximate surface area is 96.2 Å². The van der Waals surface area contributed by atoms with Gasteiger partial charge in [-0.25, -0.2) is 0 Å². The van der Waals surface area contributed by atoms with Crippen LogP contribution in [0.4, 0.5) is 5.69 Å². The van der Waals surface area contributed by atoms with E-state index in [1.165, 1.54) is 6.42 Å². The number of thioether (sulfide) groups is 1. The molecule has 0 amide bonds. The molecule has 1 aromatic carbocycles. The molecule has 0 aliphatic carbocycles. The summed E-state index contributed by atoms with van der Waals surface area (Å²) in [5, 5.41) is 0.717. The first-order valence-corrected chi connectivity index (χ1v) is 6.37. The van der Waals surface area contributed by atoms with Crippen molar-refractivity contribution >= 4 is 17.4 Å². The highest BCUT2D eigenvalue weighted by Crippen LogP contribution is 2.16. The van der Waals surface area contributed by atoms with Gasteiger partial charge in [-0.05, 0) is 18.6 Å². The third-order valence-electron chi connectivity index (χ3n) is 2.19. The predicted octanol–water partition coefficient (Wildman–Crippen LogP) is 3.18. The van der Waals surface area contributed by atoms with Crippen LogP contribution >= 0.6 is 11.8 Å². The van der Waals surface area contributed by atoms with Crippen LogP contribution in [0, 0.1) is 0 Å². The van der Waals surface area contributed by atoms with Crippen molar-refractivity contribution in [1.82, 2.24) is 0 Å². The fraction of sp³-hybridized carbons (Fsp3) is 0.500. The quantitative estimate of drug-likeness (QED) is 0.596. The molecule has 0 aromatic heterocycles. The number of nitrogen functional groups attached to an aromatic ring is 1. The first kappa shape index (κ1) is 12.2. The zero-order valence-corrected chi connectivity index (χ0v) is 10.2. The van der Waals surface area contributed by atoms with E-state index in [-0.39, 0.29) is 0 Å². The number of nitrogens with two attached hydrogens (primary N) is 1. The average molecular weight is 225 g/mol. The Bertz CT molecular complexity index is 291. The van der Waals surface area contributed by atoms with Crippen LogP contribution in [0.5, 0.6) is 5.75 Å². The normalized spacial score (nSPS) is 12.4. The average Bonchev–Trinajstić information content (AvgIpc) is 2.24. The lowest BCUT2D eigenvalue weighted by Gasteiger charge is -2.09. The molecule has 1 rings (SSSR count). The van der Waals surface area contributed by atoms with E-state index >= 15 is 0 Å². The zero-order valence-electron chi connectivity index (χ0n) is 9.40. The number of hydrogen-bond donors (Lipinski definition) is 1. The predicted molar refractivity (Wildman–Crippen MR) is 68.6 cm³/mol. The highest BCUT2D eigenvalue weighted by molar-refractivity contribution is 7.99. The minimum atomic E-state index is 0.717. The second kappa shape index (κ2) is 6.62. The number of hydrogen-bond acceptors (Lipinski definition) is 3. The van der Waals surface area contributed by atoms with Crippen LogP contribution in [0.1, 0.15) is 20.3 Å². The van der Waals surface area contributed by atoms with Crippen molar-refractivity contribution in [3.8, 4) is 5.75 Å². The fourth-order valence-corrected chi connectivity index (χ4v) is 1.95. The SMILES string of the molecule is CCC(C)SCCOc1cccc(N)c1. The number of anilines is 1. The molecular formula is C12H19NOS. The van der Waals surface area contributed by atoms with Crippen molar-refractivity contribution in [2.45, 2.75) is 25.5 Å². The van der Waals surface area contributed by atoms with Crippen LogP contribution in [0.25, 0.3) is 0 Å². The molecule has 0 saturated carbocycles. The van der Waals surface area contributed by atoms with E-state index in [1.807, 2.05) is 36.0 Å². The van der Waals surface area contributed by atoms with Gasteiger partial charge in [0.25, 0.3) is 0 Å². The number of ether oxygens (including phenoxy) is 1. The van der Waals surface area contributed by atoms with Gasteiger partial charge in [0.05, 0.1) is 6.61 Å². The molecule has 0 saturated heterocycles. The van der Waals surface area contributed by atoms with Gasteiger partial charge in [0, 0.05) is 22.8 Å². The van der Waals surface area contributed by atoms with Crippen molar-refractivity contribution in [3.63, 3.8) is 0 Å². The van der Waals surface area contributed by atoms with E-state index in [2.05, 4.69) is 13.8 Å². The molecule has 2 N–H and O–H groups in total. The third kappa shape index (κ3) is 4.98. The Morgan fingerprint density at radius 3 is 2.93 bits per heavy atom. The largest absolute Gasteiger partial charge is 0.493 e. The summed E-state index contributed by atoms with van der Waals surface area (Å²) in [6.45, 7) is 5.19. The summed E-state index contributed by atoms with van der Waals surface area (Å²) in [4.78, 5) is 0. The number of benzene rings is 1. The van der Waals surface area contributed by atoms with Crippen LogP contribution in [0.3, 0.4) is 0 Å². The summed E-state index contributed by atoms with van der Waals surface area (Å²) in [7, 11) is 0.